The second-order valence-electron chi connectivity index (χ2n) is 1.93. The predicted octanol–water partition coefficient (Wildman–Crippen LogP) is 2.92. The predicted molar refractivity (Wildman–Crippen MR) is 52.0 cm³/mol. The van der Waals surface area contributed by atoms with Crippen molar-refractivity contribution in [3.63, 3.8) is 0 Å². The zero-order valence-corrected chi connectivity index (χ0v) is 9.28. The van der Waals surface area contributed by atoms with Crippen molar-refractivity contribution in [2.45, 2.75) is 6.92 Å². The lowest BCUT2D eigenvalue weighted by Gasteiger charge is -2.04. The molecule has 10 heavy (non-hydrogen) atoms. The smallest absolute Gasteiger partial charge is 0.149 e. The fourth-order valence-electron chi connectivity index (χ4n) is 0.663. The van der Waals surface area contributed by atoms with E-state index >= 15 is 0 Å². The monoisotopic (exact) mass is 230 g/mol. The van der Waals surface area contributed by atoms with Gasteiger partial charge in [-0.25, -0.2) is 0 Å². The maximum atomic E-state index is 5.79. The van der Waals surface area contributed by atoms with Gasteiger partial charge in [0.1, 0.15) is 0 Å². The van der Waals surface area contributed by atoms with Gasteiger partial charge in [0, 0.05) is 4.50 Å². The number of thiophene rings is 1. The highest BCUT2D eigenvalue weighted by Crippen LogP contribution is 2.23. The Morgan fingerprint density at radius 2 is 2.00 bits per heavy atom. The summed E-state index contributed by atoms with van der Waals surface area (Å²) in [5.74, 6) is 0. The van der Waals surface area contributed by atoms with Gasteiger partial charge in [-0.1, -0.05) is 0 Å². The molecule has 0 unspecified atom stereocenters. The molecule has 1 aromatic rings. The Hall–Kier alpha value is 0.787. The number of aryl methyl sites for hydroxylation is 1. The molecule has 1 rings (SSSR count). The van der Waals surface area contributed by atoms with E-state index in [1.54, 1.807) is 0 Å². The van der Waals surface area contributed by atoms with Crippen LogP contribution in [-0.4, -0.2) is 6.00 Å². The summed E-state index contributed by atoms with van der Waals surface area (Å²) in [7, 11) is 0. The Kier molecular flexibility index (Phi) is 2.69. The fourth-order valence-corrected chi connectivity index (χ4v) is 5.14. The molecule has 0 aliphatic heterocycles. The molecule has 5 heteroatoms. The molecule has 0 amide bonds. The van der Waals surface area contributed by atoms with Crippen LogP contribution in [0.1, 0.15) is 5.56 Å². The van der Waals surface area contributed by atoms with Crippen molar-refractivity contribution < 1.29 is 0 Å². The Morgan fingerprint density at radius 1 is 1.40 bits per heavy atom. The van der Waals surface area contributed by atoms with Crippen molar-refractivity contribution in [3.8, 4) is 0 Å². The third-order valence-electron chi connectivity index (χ3n) is 1.12. The van der Waals surface area contributed by atoms with Crippen LogP contribution in [0.25, 0.3) is 0 Å². The first-order valence-electron chi connectivity index (χ1n) is 2.63. The lowest BCUT2D eigenvalue weighted by Crippen LogP contribution is -2.28. The normalized spacial score (nSPS) is 12.0. The summed E-state index contributed by atoms with van der Waals surface area (Å²) in [4.78, 5) is 0. The van der Waals surface area contributed by atoms with E-state index in [9.17, 15) is 0 Å². The van der Waals surface area contributed by atoms with Gasteiger partial charge in [-0.15, -0.1) is 44.6 Å². The van der Waals surface area contributed by atoms with Crippen LogP contribution in [0.2, 0.25) is 0 Å². The third-order valence-corrected chi connectivity index (χ3v) is 6.84. The van der Waals surface area contributed by atoms with Crippen molar-refractivity contribution in [2.24, 2.45) is 0 Å². The Morgan fingerprint density at radius 3 is 2.20 bits per heavy atom. The topological polar surface area (TPSA) is 0 Å². The van der Waals surface area contributed by atoms with Gasteiger partial charge in [0.25, 0.3) is 0 Å². The van der Waals surface area contributed by atoms with E-state index < -0.39 is 6.00 Å². The van der Waals surface area contributed by atoms with E-state index in [-0.39, 0.29) is 0 Å². The van der Waals surface area contributed by atoms with Gasteiger partial charge in [0.15, 0.2) is 0 Å². The minimum Gasteiger partial charge on any atom is -0.149 e. The first-order valence-corrected chi connectivity index (χ1v) is 8.54. The molecular formula is C5H5Cl3SSi. The molecule has 1 heterocycles. The molecule has 1 aromatic heterocycles. The van der Waals surface area contributed by atoms with Crippen molar-refractivity contribution in [3.05, 3.63) is 17.0 Å². The van der Waals surface area contributed by atoms with Crippen LogP contribution < -0.4 is 4.50 Å². The summed E-state index contributed by atoms with van der Waals surface area (Å²) in [6, 6.07) is -0.623. The van der Waals surface area contributed by atoms with Crippen LogP contribution in [0.4, 0.5) is 0 Å². The summed E-state index contributed by atoms with van der Waals surface area (Å²) in [6.07, 6.45) is 0. The van der Waals surface area contributed by atoms with Crippen LogP contribution in [-0.2, 0) is 0 Å². The Labute approximate surface area is 78.8 Å². The molecule has 56 valence electrons. The number of halogens is 3. The highest BCUT2D eigenvalue weighted by atomic mass is 35.8. The van der Waals surface area contributed by atoms with Gasteiger partial charge in [-0.3, -0.25) is 0 Å². The second-order valence-corrected chi connectivity index (χ2v) is 11.5. The summed E-state index contributed by atoms with van der Waals surface area (Å²) in [5, 5.41) is 1.94. The van der Waals surface area contributed by atoms with E-state index in [1.807, 2.05) is 18.4 Å². The molecule has 0 fully saturated rings. The largest absolute Gasteiger partial charge is 0.383 e. The average molecular weight is 232 g/mol. The van der Waals surface area contributed by atoms with Gasteiger partial charge in [0.05, 0.1) is 0 Å². The Balaban J connectivity index is 3.05. The van der Waals surface area contributed by atoms with Crippen LogP contribution in [0, 0.1) is 6.92 Å². The number of hydrogen-bond acceptors (Lipinski definition) is 1. The van der Waals surface area contributed by atoms with Crippen molar-refractivity contribution >= 4 is 55.1 Å². The quantitative estimate of drug-likeness (QED) is 0.515. The molecule has 0 aliphatic carbocycles. The van der Waals surface area contributed by atoms with E-state index in [0.717, 1.165) is 10.1 Å². The lowest BCUT2D eigenvalue weighted by atomic mass is 10.4. The molecule has 0 spiro atoms. The van der Waals surface area contributed by atoms with Crippen LogP contribution in [0.3, 0.4) is 0 Å². The Bertz CT molecular complexity index is 227. The number of hydrogen-bond donors (Lipinski definition) is 0. The maximum absolute atomic E-state index is 5.79. The highest BCUT2D eigenvalue weighted by molar-refractivity contribution is 7.73. The zero-order chi connectivity index (χ0) is 7.78. The van der Waals surface area contributed by atoms with E-state index in [1.165, 1.54) is 11.3 Å². The van der Waals surface area contributed by atoms with Gasteiger partial charge in [-0.05, 0) is 23.9 Å². The molecule has 0 nitrogen and oxygen atoms in total. The van der Waals surface area contributed by atoms with E-state index in [2.05, 4.69) is 0 Å². The molecule has 0 bridgehead atoms. The first-order chi connectivity index (χ1) is 4.52. The van der Waals surface area contributed by atoms with Crippen molar-refractivity contribution in [2.75, 3.05) is 0 Å². The van der Waals surface area contributed by atoms with E-state index in [4.69, 9.17) is 33.2 Å². The molecule has 0 radical (unpaired) electrons. The zero-order valence-electron chi connectivity index (χ0n) is 5.20. The SMILES string of the molecule is Cc1ccsc1[Si](Cl)(Cl)Cl. The molecule has 0 saturated carbocycles. The molecule has 0 N–H and O–H groups in total. The first kappa shape index (κ1) is 8.88. The van der Waals surface area contributed by atoms with Crippen molar-refractivity contribution in [1.82, 2.24) is 0 Å². The van der Waals surface area contributed by atoms with E-state index in [0.29, 0.717) is 0 Å². The summed E-state index contributed by atoms with van der Waals surface area (Å²) in [5.41, 5.74) is 1.09. The summed E-state index contributed by atoms with van der Waals surface area (Å²) >= 11 is 18.9. The van der Waals surface area contributed by atoms with Gasteiger partial charge < -0.3 is 0 Å². The second kappa shape index (κ2) is 3.03. The minimum atomic E-state index is -2.59. The standard InChI is InChI=1S/C5H5Cl3SSi/c1-4-2-3-9-5(4)10(6,7)8/h2-3H,1H3. The third kappa shape index (κ3) is 1.89. The summed E-state index contributed by atoms with van der Waals surface area (Å²) in [6.45, 7) is 1.96. The average Bonchev–Trinajstić information content (AvgIpc) is 2.11. The molecular weight excluding hydrogens is 227 g/mol. The van der Waals surface area contributed by atoms with Gasteiger partial charge >= 0.3 is 6.00 Å². The lowest BCUT2D eigenvalue weighted by molar-refractivity contribution is 1.58. The van der Waals surface area contributed by atoms with Crippen molar-refractivity contribution in [1.29, 1.82) is 0 Å². The van der Waals surface area contributed by atoms with Crippen LogP contribution >= 0.6 is 44.6 Å². The van der Waals surface area contributed by atoms with Gasteiger partial charge in [0.2, 0.25) is 0 Å². The molecule has 0 aliphatic rings. The molecule has 0 saturated heterocycles. The molecule has 0 atom stereocenters. The maximum Gasteiger partial charge on any atom is 0.383 e. The van der Waals surface area contributed by atoms with Crippen LogP contribution in [0.5, 0.6) is 0 Å². The van der Waals surface area contributed by atoms with Gasteiger partial charge in [-0.2, -0.15) is 0 Å². The minimum absolute atomic E-state index is 0.942. The fraction of sp³-hybridized carbons (Fsp3) is 0.200. The van der Waals surface area contributed by atoms with Crippen LogP contribution in [0.15, 0.2) is 11.4 Å². The highest BCUT2D eigenvalue weighted by Gasteiger charge is 2.30. The summed E-state index contributed by atoms with van der Waals surface area (Å²) < 4.78 is 0.942. The molecule has 0 aromatic carbocycles. The number of rotatable bonds is 1.